The number of carbonyl (C=O) groups is 1. The normalized spacial score (nSPS) is 12.8. The van der Waals surface area contributed by atoms with Gasteiger partial charge in [0.1, 0.15) is 0 Å². The zero-order chi connectivity index (χ0) is 14.6. The van der Waals surface area contributed by atoms with Crippen molar-refractivity contribution >= 4 is 5.91 Å². The molecule has 1 atom stereocenters. The molecule has 0 saturated carbocycles. The Morgan fingerprint density at radius 2 is 2.05 bits per heavy atom. The van der Waals surface area contributed by atoms with Crippen LogP contribution in [0.15, 0.2) is 0 Å². The Kier molecular flexibility index (Phi) is 5.54. The van der Waals surface area contributed by atoms with Crippen LogP contribution in [0.5, 0.6) is 0 Å². The summed E-state index contributed by atoms with van der Waals surface area (Å²) in [5, 5.41) is 7.33. The van der Waals surface area contributed by atoms with Crippen molar-refractivity contribution in [3.8, 4) is 0 Å². The summed E-state index contributed by atoms with van der Waals surface area (Å²) in [6.07, 6.45) is 1.29. The van der Waals surface area contributed by atoms with Gasteiger partial charge in [0.2, 0.25) is 5.91 Å². The molecule has 1 rings (SSSR count). The highest BCUT2D eigenvalue weighted by atomic mass is 16.1. The largest absolute Gasteiger partial charge is 0.352 e. The number of aryl methyl sites for hydroxylation is 2. The van der Waals surface area contributed by atoms with Gasteiger partial charge in [-0.05, 0) is 26.2 Å². The minimum absolute atomic E-state index is 0.0234. The smallest absolute Gasteiger partial charge is 0.224 e. The van der Waals surface area contributed by atoms with Crippen molar-refractivity contribution in [1.29, 1.82) is 0 Å². The van der Waals surface area contributed by atoms with Crippen LogP contribution in [0.25, 0.3) is 0 Å². The Balaban J connectivity index is 2.64. The number of nitrogens with one attached hydrogen (secondary N) is 1. The molecule has 1 heterocycles. The third-order valence-corrected chi connectivity index (χ3v) is 3.40. The molecule has 0 bridgehead atoms. The molecule has 1 aromatic heterocycles. The van der Waals surface area contributed by atoms with Crippen molar-refractivity contribution in [2.75, 3.05) is 6.54 Å². The quantitative estimate of drug-likeness (QED) is 0.809. The number of amides is 1. The van der Waals surface area contributed by atoms with Crippen LogP contribution in [0.2, 0.25) is 0 Å². The van der Waals surface area contributed by atoms with Crippen molar-refractivity contribution in [1.82, 2.24) is 15.1 Å². The van der Waals surface area contributed by atoms with E-state index in [4.69, 9.17) is 5.73 Å². The van der Waals surface area contributed by atoms with E-state index in [0.717, 1.165) is 23.4 Å². The van der Waals surface area contributed by atoms with Crippen molar-refractivity contribution in [3.63, 3.8) is 0 Å². The van der Waals surface area contributed by atoms with Crippen molar-refractivity contribution in [2.45, 2.75) is 46.6 Å². The lowest BCUT2D eigenvalue weighted by molar-refractivity contribution is -0.121. The number of nitrogens with zero attached hydrogens (tertiary/aromatic N) is 2. The monoisotopic (exact) mass is 266 g/mol. The standard InChI is InChI=1S/C14H26N4O/c1-9(2)6-12(8-15)16-14(19)7-13-10(3)17-18(5)11(13)4/h9,12H,6-8,15H2,1-5H3,(H,16,19). The number of hydrogen-bond acceptors (Lipinski definition) is 3. The van der Waals surface area contributed by atoms with Crippen LogP contribution in [0.4, 0.5) is 0 Å². The molecule has 108 valence electrons. The fraction of sp³-hybridized carbons (Fsp3) is 0.714. The van der Waals surface area contributed by atoms with Crippen LogP contribution in [-0.2, 0) is 18.3 Å². The average Bonchev–Trinajstić information content (AvgIpc) is 2.54. The van der Waals surface area contributed by atoms with Crippen LogP contribution in [-0.4, -0.2) is 28.3 Å². The summed E-state index contributed by atoms with van der Waals surface area (Å²) >= 11 is 0. The Hall–Kier alpha value is -1.36. The number of carbonyl (C=O) groups excluding carboxylic acids is 1. The Bertz CT molecular complexity index is 437. The zero-order valence-electron chi connectivity index (χ0n) is 12.7. The molecular formula is C14H26N4O. The maximum atomic E-state index is 12.1. The number of aromatic nitrogens is 2. The predicted octanol–water partition coefficient (Wildman–Crippen LogP) is 1.07. The SMILES string of the molecule is Cc1nn(C)c(C)c1CC(=O)NC(CN)CC(C)C. The molecule has 1 unspecified atom stereocenters. The van der Waals surface area contributed by atoms with Gasteiger partial charge in [-0.3, -0.25) is 9.48 Å². The molecule has 0 spiro atoms. The second-order valence-electron chi connectivity index (χ2n) is 5.58. The van der Waals surface area contributed by atoms with Gasteiger partial charge >= 0.3 is 0 Å². The van der Waals surface area contributed by atoms with Crippen LogP contribution >= 0.6 is 0 Å². The Morgan fingerprint density at radius 1 is 1.42 bits per heavy atom. The summed E-state index contributed by atoms with van der Waals surface area (Å²) < 4.78 is 1.81. The lowest BCUT2D eigenvalue weighted by atomic mass is 10.0. The van der Waals surface area contributed by atoms with E-state index < -0.39 is 0 Å². The summed E-state index contributed by atoms with van der Waals surface area (Å²) in [6, 6.07) is 0.0600. The highest BCUT2D eigenvalue weighted by molar-refractivity contribution is 5.79. The minimum Gasteiger partial charge on any atom is -0.352 e. The summed E-state index contributed by atoms with van der Waals surface area (Å²) in [6.45, 7) is 8.66. The molecule has 3 N–H and O–H groups in total. The first-order valence-corrected chi connectivity index (χ1v) is 6.83. The van der Waals surface area contributed by atoms with E-state index in [1.807, 2.05) is 25.6 Å². The zero-order valence-corrected chi connectivity index (χ0v) is 12.7. The molecule has 5 nitrogen and oxygen atoms in total. The average molecular weight is 266 g/mol. The van der Waals surface area contributed by atoms with Crippen molar-refractivity contribution in [3.05, 3.63) is 17.0 Å². The fourth-order valence-electron chi connectivity index (χ4n) is 2.30. The molecule has 0 saturated heterocycles. The van der Waals surface area contributed by atoms with Crippen molar-refractivity contribution < 1.29 is 4.79 Å². The van der Waals surface area contributed by atoms with Crippen LogP contribution in [0, 0.1) is 19.8 Å². The van der Waals surface area contributed by atoms with E-state index in [0.29, 0.717) is 18.9 Å². The molecule has 0 aliphatic carbocycles. The van der Waals surface area contributed by atoms with Gasteiger partial charge in [0.25, 0.3) is 0 Å². The van der Waals surface area contributed by atoms with E-state index in [-0.39, 0.29) is 11.9 Å². The lowest BCUT2D eigenvalue weighted by Crippen LogP contribution is -2.41. The maximum absolute atomic E-state index is 12.1. The van der Waals surface area contributed by atoms with E-state index >= 15 is 0 Å². The summed E-state index contributed by atoms with van der Waals surface area (Å²) in [4.78, 5) is 12.1. The number of nitrogens with two attached hydrogens (primary N) is 1. The first-order chi connectivity index (χ1) is 8.85. The topological polar surface area (TPSA) is 72.9 Å². The van der Waals surface area contributed by atoms with Gasteiger partial charge < -0.3 is 11.1 Å². The number of hydrogen-bond donors (Lipinski definition) is 2. The molecule has 1 aromatic rings. The van der Waals surface area contributed by atoms with Crippen LogP contribution in [0.1, 0.15) is 37.2 Å². The molecule has 0 radical (unpaired) electrons. The highest BCUT2D eigenvalue weighted by Crippen LogP contribution is 2.13. The highest BCUT2D eigenvalue weighted by Gasteiger charge is 2.16. The molecule has 0 aliphatic rings. The Labute approximate surface area is 115 Å². The third kappa shape index (κ3) is 4.35. The van der Waals surface area contributed by atoms with Gasteiger partial charge in [0.15, 0.2) is 0 Å². The maximum Gasteiger partial charge on any atom is 0.224 e. The van der Waals surface area contributed by atoms with Crippen LogP contribution in [0.3, 0.4) is 0 Å². The van der Waals surface area contributed by atoms with E-state index in [2.05, 4.69) is 24.3 Å². The lowest BCUT2D eigenvalue weighted by Gasteiger charge is -2.18. The van der Waals surface area contributed by atoms with E-state index in [1.165, 1.54) is 0 Å². The van der Waals surface area contributed by atoms with Gasteiger partial charge in [-0.25, -0.2) is 0 Å². The molecule has 5 heteroatoms. The summed E-state index contributed by atoms with van der Waals surface area (Å²) in [5.41, 5.74) is 8.67. The summed E-state index contributed by atoms with van der Waals surface area (Å²) in [5.74, 6) is 0.547. The fourth-order valence-corrected chi connectivity index (χ4v) is 2.30. The van der Waals surface area contributed by atoms with Gasteiger partial charge in [0.05, 0.1) is 12.1 Å². The van der Waals surface area contributed by atoms with Crippen molar-refractivity contribution in [2.24, 2.45) is 18.7 Å². The van der Waals surface area contributed by atoms with E-state index in [9.17, 15) is 4.79 Å². The summed E-state index contributed by atoms with van der Waals surface area (Å²) in [7, 11) is 1.89. The minimum atomic E-state index is 0.0234. The second kappa shape index (κ2) is 6.70. The number of rotatable bonds is 6. The van der Waals surface area contributed by atoms with Gasteiger partial charge in [-0.15, -0.1) is 0 Å². The first kappa shape index (κ1) is 15.7. The molecule has 19 heavy (non-hydrogen) atoms. The van der Waals surface area contributed by atoms with Gasteiger partial charge in [-0.2, -0.15) is 5.10 Å². The third-order valence-electron chi connectivity index (χ3n) is 3.40. The second-order valence-corrected chi connectivity index (χ2v) is 5.58. The van der Waals surface area contributed by atoms with Crippen LogP contribution < -0.4 is 11.1 Å². The van der Waals surface area contributed by atoms with E-state index in [1.54, 1.807) is 0 Å². The molecule has 0 aliphatic heterocycles. The molecule has 0 fully saturated rings. The Morgan fingerprint density at radius 3 is 2.47 bits per heavy atom. The molecular weight excluding hydrogens is 240 g/mol. The van der Waals surface area contributed by atoms with Gasteiger partial charge in [-0.1, -0.05) is 13.8 Å². The predicted molar refractivity (Wildman–Crippen MR) is 76.8 cm³/mol. The molecule has 0 aromatic carbocycles. The van der Waals surface area contributed by atoms with Gasteiger partial charge in [0, 0.05) is 30.9 Å². The first-order valence-electron chi connectivity index (χ1n) is 6.83. The molecule has 1 amide bonds.